The summed E-state index contributed by atoms with van der Waals surface area (Å²) in [5.41, 5.74) is -2.02. The van der Waals surface area contributed by atoms with Crippen LogP contribution in [-0.4, -0.2) is 17.6 Å². The number of H-pyrrole nitrogens is 1. The Kier molecular flexibility index (Phi) is 3.76. The number of ether oxygens (including phenoxy) is 1. The highest BCUT2D eigenvalue weighted by Gasteiger charge is 2.24. The van der Waals surface area contributed by atoms with Gasteiger partial charge in [-0.1, -0.05) is 0 Å². The van der Waals surface area contributed by atoms with Gasteiger partial charge in [0.1, 0.15) is 5.69 Å². The maximum absolute atomic E-state index is 12.6. The van der Waals surface area contributed by atoms with Crippen LogP contribution in [0.3, 0.4) is 0 Å². The quantitative estimate of drug-likeness (QED) is 0.807. The number of carbonyl (C=O) groups is 1. The second-order valence-electron chi connectivity index (χ2n) is 3.11. The highest BCUT2D eigenvalue weighted by molar-refractivity contribution is 5.89. The van der Waals surface area contributed by atoms with E-state index in [0.717, 1.165) is 0 Å². The molecule has 0 saturated heterocycles. The molecule has 0 aromatic carbocycles. The molecule has 1 aromatic heterocycles. The first-order valence-electron chi connectivity index (χ1n) is 4.66. The summed E-state index contributed by atoms with van der Waals surface area (Å²) in [7, 11) is 0. The fourth-order valence-corrected chi connectivity index (χ4v) is 1.23. The maximum atomic E-state index is 12.6. The van der Waals surface area contributed by atoms with Gasteiger partial charge >= 0.3 is 5.97 Å². The number of nitrogens with one attached hydrogen (secondary N) is 1. The van der Waals surface area contributed by atoms with E-state index in [4.69, 9.17) is 0 Å². The molecule has 88 valence electrons. The topological polar surface area (TPSA) is 59.2 Å². The lowest BCUT2D eigenvalue weighted by molar-refractivity contribution is 0.0507. The summed E-state index contributed by atoms with van der Waals surface area (Å²) in [5, 5.41) is 0. The van der Waals surface area contributed by atoms with Crippen molar-refractivity contribution < 1.29 is 18.3 Å². The lowest BCUT2D eigenvalue weighted by Crippen LogP contribution is -2.21. The number of pyridine rings is 1. The number of aryl methyl sites for hydroxylation is 1. The van der Waals surface area contributed by atoms with Crippen LogP contribution in [0.25, 0.3) is 0 Å². The van der Waals surface area contributed by atoms with E-state index in [2.05, 4.69) is 9.72 Å². The molecular formula is C10H11F2NO3. The molecule has 0 aliphatic heterocycles. The van der Waals surface area contributed by atoms with Gasteiger partial charge in [0.2, 0.25) is 0 Å². The summed E-state index contributed by atoms with van der Waals surface area (Å²) in [6.07, 6.45) is -1.80. The largest absolute Gasteiger partial charge is 0.461 e. The molecule has 0 spiro atoms. The van der Waals surface area contributed by atoms with E-state index in [1.54, 1.807) is 6.92 Å². The van der Waals surface area contributed by atoms with Crippen LogP contribution in [-0.2, 0) is 4.74 Å². The molecule has 1 heterocycles. The van der Waals surface area contributed by atoms with Gasteiger partial charge in [-0.2, -0.15) is 0 Å². The number of carbonyl (C=O) groups excluding carboxylic acids is 1. The normalized spacial score (nSPS) is 10.6. The minimum Gasteiger partial charge on any atom is -0.461 e. The molecule has 0 atom stereocenters. The predicted molar refractivity (Wildman–Crippen MR) is 52.7 cm³/mol. The number of hydrogen-bond donors (Lipinski definition) is 1. The zero-order valence-electron chi connectivity index (χ0n) is 8.84. The summed E-state index contributed by atoms with van der Waals surface area (Å²) in [6, 6.07) is 0. The average Bonchev–Trinajstić information content (AvgIpc) is 2.21. The van der Waals surface area contributed by atoms with Crippen molar-refractivity contribution in [2.75, 3.05) is 6.61 Å². The van der Waals surface area contributed by atoms with Crippen molar-refractivity contribution in [2.24, 2.45) is 0 Å². The van der Waals surface area contributed by atoms with Gasteiger partial charge in [-0.3, -0.25) is 4.79 Å². The van der Waals surface area contributed by atoms with Crippen LogP contribution in [0.15, 0.2) is 11.0 Å². The van der Waals surface area contributed by atoms with Crippen LogP contribution in [0.1, 0.15) is 35.0 Å². The number of alkyl halides is 2. The fourth-order valence-electron chi connectivity index (χ4n) is 1.23. The van der Waals surface area contributed by atoms with Crippen molar-refractivity contribution >= 4 is 5.97 Å². The van der Waals surface area contributed by atoms with Gasteiger partial charge in [-0.25, -0.2) is 13.6 Å². The zero-order valence-corrected chi connectivity index (χ0v) is 8.84. The number of aromatic amines is 1. The second kappa shape index (κ2) is 4.87. The van der Waals surface area contributed by atoms with Gasteiger partial charge in [-0.05, 0) is 13.8 Å². The predicted octanol–water partition coefficient (Wildman–Crippen LogP) is 1.80. The average molecular weight is 231 g/mol. The molecule has 0 bridgehead atoms. The van der Waals surface area contributed by atoms with E-state index in [1.165, 1.54) is 13.1 Å². The molecule has 0 amide bonds. The van der Waals surface area contributed by atoms with Crippen LogP contribution in [0.5, 0.6) is 0 Å². The molecule has 0 radical (unpaired) electrons. The lowest BCUT2D eigenvalue weighted by Gasteiger charge is -2.08. The molecule has 4 nitrogen and oxygen atoms in total. The lowest BCUT2D eigenvalue weighted by atomic mass is 10.1. The summed E-state index contributed by atoms with van der Waals surface area (Å²) in [4.78, 5) is 25.1. The van der Waals surface area contributed by atoms with Crippen molar-refractivity contribution in [1.29, 1.82) is 0 Å². The number of hydrogen-bond acceptors (Lipinski definition) is 3. The van der Waals surface area contributed by atoms with Crippen LogP contribution in [0.4, 0.5) is 8.78 Å². The van der Waals surface area contributed by atoms with Gasteiger partial charge in [-0.15, -0.1) is 0 Å². The molecule has 6 heteroatoms. The highest BCUT2D eigenvalue weighted by Crippen LogP contribution is 2.19. The third kappa shape index (κ3) is 2.26. The van der Waals surface area contributed by atoms with Crippen LogP contribution in [0, 0.1) is 6.92 Å². The molecular weight excluding hydrogens is 220 g/mol. The Morgan fingerprint density at radius 1 is 1.56 bits per heavy atom. The molecule has 16 heavy (non-hydrogen) atoms. The SMILES string of the molecule is CCOC(=O)c1[nH]cc(C)c(=O)c1C(F)F. The Hall–Kier alpha value is -1.72. The Bertz CT molecular complexity index is 454. The summed E-state index contributed by atoms with van der Waals surface area (Å²) in [5.74, 6) is -0.949. The molecule has 0 saturated carbocycles. The van der Waals surface area contributed by atoms with Crippen molar-refractivity contribution in [3.8, 4) is 0 Å². The Balaban J connectivity index is 3.35. The first kappa shape index (κ1) is 12.4. The van der Waals surface area contributed by atoms with E-state index in [9.17, 15) is 18.4 Å². The molecule has 0 aliphatic rings. The zero-order chi connectivity index (χ0) is 12.3. The molecule has 0 fully saturated rings. The van der Waals surface area contributed by atoms with E-state index in [-0.39, 0.29) is 12.2 Å². The van der Waals surface area contributed by atoms with Gasteiger partial charge in [0.05, 0.1) is 12.2 Å². The van der Waals surface area contributed by atoms with E-state index in [0.29, 0.717) is 0 Å². The minimum absolute atomic E-state index is 0.0530. The summed E-state index contributed by atoms with van der Waals surface area (Å²) >= 11 is 0. The van der Waals surface area contributed by atoms with Crippen molar-refractivity contribution in [3.05, 3.63) is 33.2 Å². The Morgan fingerprint density at radius 2 is 2.19 bits per heavy atom. The minimum atomic E-state index is -3.01. The third-order valence-electron chi connectivity index (χ3n) is 2.00. The first-order valence-corrected chi connectivity index (χ1v) is 4.66. The van der Waals surface area contributed by atoms with Crippen LogP contribution < -0.4 is 5.43 Å². The molecule has 1 rings (SSSR count). The molecule has 1 aromatic rings. The molecule has 0 aliphatic carbocycles. The van der Waals surface area contributed by atoms with Crippen molar-refractivity contribution in [1.82, 2.24) is 4.98 Å². The number of esters is 1. The van der Waals surface area contributed by atoms with E-state index in [1.807, 2.05) is 0 Å². The molecule has 1 N–H and O–H groups in total. The third-order valence-corrected chi connectivity index (χ3v) is 2.00. The number of rotatable bonds is 3. The highest BCUT2D eigenvalue weighted by atomic mass is 19.3. The summed E-state index contributed by atoms with van der Waals surface area (Å²) < 4.78 is 29.9. The van der Waals surface area contributed by atoms with E-state index >= 15 is 0 Å². The first-order chi connectivity index (χ1) is 7.49. The fraction of sp³-hybridized carbons (Fsp3) is 0.400. The van der Waals surface area contributed by atoms with Crippen molar-refractivity contribution in [3.63, 3.8) is 0 Å². The van der Waals surface area contributed by atoms with Crippen molar-refractivity contribution in [2.45, 2.75) is 20.3 Å². The van der Waals surface area contributed by atoms with Crippen LogP contribution >= 0.6 is 0 Å². The smallest absolute Gasteiger partial charge is 0.355 e. The second-order valence-corrected chi connectivity index (χ2v) is 3.11. The summed E-state index contributed by atoms with van der Waals surface area (Å²) in [6.45, 7) is 2.99. The number of halogens is 2. The van der Waals surface area contributed by atoms with E-state index < -0.39 is 29.1 Å². The Morgan fingerprint density at radius 3 is 2.69 bits per heavy atom. The van der Waals surface area contributed by atoms with Gasteiger partial charge < -0.3 is 9.72 Å². The van der Waals surface area contributed by atoms with Gasteiger partial charge in [0, 0.05) is 11.8 Å². The Labute approximate surface area is 90.2 Å². The van der Waals surface area contributed by atoms with Gasteiger partial charge in [0.15, 0.2) is 5.43 Å². The molecule has 0 unspecified atom stereocenters. The standard InChI is InChI=1S/C10H11F2NO3/c1-3-16-10(15)7-6(9(11)12)8(14)5(2)4-13-7/h4,9H,3H2,1-2H3,(H,13,14). The number of aromatic nitrogens is 1. The maximum Gasteiger partial charge on any atom is 0.355 e. The van der Waals surface area contributed by atoms with Gasteiger partial charge in [0.25, 0.3) is 6.43 Å². The van der Waals surface area contributed by atoms with Crippen LogP contribution in [0.2, 0.25) is 0 Å². The monoisotopic (exact) mass is 231 g/mol.